The molecule has 3 rings (SSSR count). The Labute approximate surface area is 140 Å². The third kappa shape index (κ3) is 5.13. The molecular weight excluding hydrogens is 310 g/mol. The number of hydrogen-bond acceptors (Lipinski definition) is 5. The van der Waals surface area contributed by atoms with Crippen LogP contribution in [0.3, 0.4) is 0 Å². The number of rotatable bonds is 7. The molecule has 6 heteroatoms. The van der Waals surface area contributed by atoms with Crippen LogP contribution >= 0.6 is 11.3 Å². The van der Waals surface area contributed by atoms with Crippen molar-refractivity contribution in [3.8, 4) is 0 Å². The molecule has 0 saturated carbocycles. The molecule has 122 valence electrons. The van der Waals surface area contributed by atoms with Crippen LogP contribution in [0.4, 0.5) is 5.13 Å². The summed E-state index contributed by atoms with van der Waals surface area (Å²) in [6.45, 7) is 2.69. The number of thiazole rings is 1. The Morgan fingerprint density at radius 3 is 2.96 bits per heavy atom. The van der Waals surface area contributed by atoms with E-state index in [1.807, 2.05) is 23.6 Å². The number of amides is 1. The number of hydrogen-bond donors (Lipinski definition) is 1. The van der Waals surface area contributed by atoms with Crippen LogP contribution in [-0.4, -0.2) is 41.6 Å². The van der Waals surface area contributed by atoms with Gasteiger partial charge in [-0.2, -0.15) is 0 Å². The van der Waals surface area contributed by atoms with Crippen molar-refractivity contribution in [3.63, 3.8) is 0 Å². The lowest BCUT2D eigenvalue weighted by molar-refractivity contribution is -0.117. The third-order valence-electron chi connectivity index (χ3n) is 3.78. The molecule has 1 aliphatic rings. The van der Waals surface area contributed by atoms with Gasteiger partial charge in [-0.3, -0.25) is 9.69 Å². The fraction of sp³-hybridized carbons (Fsp3) is 0.412. The second kappa shape index (κ2) is 8.19. The molecule has 0 aliphatic carbocycles. The number of anilines is 1. The van der Waals surface area contributed by atoms with Crippen molar-refractivity contribution in [2.24, 2.45) is 0 Å². The maximum atomic E-state index is 12.3. The fourth-order valence-electron chi connectivity index (χ4n) is 2.75. The van der Waals surface area contributed by atoms with Gasteiger partial charge in [0.1, 0.15) is 0 Å². The molecule has 1 aliphatic heterocycles. The summed E-state index contributed by atoms with van der Waals surface area (Å²) in [4.78, 5) is 18.5. The summed E-state index contributed by atoms with van der Waals surface area (Å²) in [7, 11) is 0. The molecule has 2 aromatic rings. The van der Waals surface area contributed by atoms with E-state index in [1.54, 1.807) is 6.20 Å². The maximum Gasteiger partial charge on any atom is 0.240 e. The van der Waals surface area contributed by atoms with Crippen LogP contribution in [0, 0.1) is 0 Å². The number of benzene rings is 1. The molecule has 1 N–H and O–H groups in total. The highest BCUT2D eigenvalue weighted by Gasteiger charge is 2.21. The van der Waals surface area contributed by atoms with E-state index >= 15 is 0 Å². The van der Waals surface area contributed by atoms with E-state index in [0.717, 1.165) is 32.5 Å². The van der Waals surface area contributed by atoms with Crippen LogP contribution in [-0.2, 0) is 16.1 Å². The minimum atomic E-state index is -0.0334. The first-order valence-electron chi connectivity index (χ1n) is 7.87. The van der Waals surface area contributed by atoms with Crippen LogP contribution in [0.25, 0.3) is 0 Å². The number of nitrogens with zero attached hydrogens (tertiary/aromatic N) is 2. The SMILES string of the molecule is O=C(CN(Cc1ccccc1)CC1CCCO1)Nc1nccs1. The van der Waals surface area contributed by atoms with Gasteiger partial charge in [-0.25, -0.2) is 4.98 Å². The zero-order valence-corrected chi connectivity index (χ0v) is 13.8. The van der Waals surface area contributed by atoms with E-state index in [2.05, 4.69) is 27.3 Å². The first kappa shape index (κ1) is 16.1. The van der Waals surface area contributed by atoms with E-state index in [-0.39, 0.29) is 12.0 Å². The normalized spacial score (nSPS) is 17.5. The number of aromatic nitrogens is 1. The average molecular weight is 331 g/mol. The fourth-order valence-corrected chi connectivity index (χ4v) is 3.30. The minimum Gasteiger partial charge on any atom is -0.377 e. The van der Waals surface area contributed by atoms with E-state index < -0.39 is 0 Å². The standard InChI is InChI=1S/C17H21N3O2S/c21-16(19-17-18-8-10-23-17)13-20(12-15-7-4-9-22-15)11-14-5-2-1-3-6-14/h1-3,5-6,8,10,15H,4,7,9,11-13H2,(H,18,19,21). The molecule has 1 aromatic heterocycles. The van der Waals surface area contributed by atoms with Crippen LogP contribution in [0.2, 0.25) is 0 Å². The van der Waals surface area contributed by atoms with Gasteiger partial charge >= 0.3 is 0 Å². The zero-order valence-electron chi connectivity index (χ0n) is 13.0. The van der Waals surface area contributed by atoms with Gasteiger partial charge in [-0.05, 0) is 18.4 Å². The van der Waals surface area contributed by atoms with Gasteiger partial charge in [0.2, 0.25) is 5.91 Å². The quantitative estimate of drug-likeness (QED) is 0.848. The molecule has 1 aromatic carbocycles. The molecule has 1 saturated heterocycles. The molecule has 0 spiro atoms. The van der Waals surface area contributed by atoms with Crippen LogP contribution in [0.15, 0.2) is 41.9 Å². The lowest BCUT2D eigenvalue weighted by Crippen LogP contribution is -2.37. The smallest absolute Gasteiger partial charge is 0.240 e. The monoisotopic (exact) mass is 331 g/mol. The molecule has 0 bridgehead atoms. The van der Waals surface area contributed by atoms with E-state index in [4.69, 9.17) is 4.74 Å². The van der Waals surface area contributed by atoms with Crippen molar-refractivity contribution in [1.29, 1.82) is 0 Å². The molecule has 1 fully saturated rings. The van der Waals surface area contributed by atoms with Gasteiger partial charge in [0, 0.05) is 31.3 Å². The van der Waals surface area contributed by atoms with Crippen molar-refractivity contribution in [1.82, 2.24) is 9.88 Å². The highest BCUT2D eigenvalue weighted by Crippen LogP contribution is 2.16. The van der Waals surface area contributed by atoms with Crippen molar-refractivity contribution in [2.45, 2.75) is 25.5 Å². The summed E-state index contributed by atoms with van der Waals surface area (Å²) in [6, 6.07) is 10.2. The number of carbonyl (C=O) groups excluding carboxylic acids is 1. The Balaban J connectivity index is 1.60. The van der Waals surface area contributed by atoms with Crippen LogP contribution in [0.1, 0.15) is 18.4 Å². The predicted molar refractivity (Wildman–Crippen MR) is 91.4 cm³/mol. The lowest BCUT2D eigenvalue weighted by Gasteiger charge is -2.24. The largest absolute Gasteiger partial charge is 0.377 e. The zero-order chi connectivity index (χ0) is 15.9. The maximum absolute atomic E-state index is 12.3. The summed E-state index contributed by atoms with van der Waals surface area (Å²) < 4.78 is 5.72. The van der Waals surface area contributed by atoms with Gasteiger partial charge in [-0.15, -0.1) is 11.3 Å². The number of nitrogens with one attached hydrogen (secondary N) is 1. The Morgan fingerprint density at radius 2 is 2.26 bits per heavy atom. The van der Waals surface area contributed by atoms with E-state index in [1.165, 1.54) is 16.9 Å². The van der Waals surface area contributed by atoms with E-state index in [9.17, 15) is 4.79 Å². The molecule has 2 heterocycles. The molecule has 5 nitrogen and oxygen atoms in total. The van der Waals surface area contributed by atoms with Crippen LogP contribution in [0.5, 0.6) is 0 Å². The second-order valence-corrected chi connectivity index (χ2v) is 6.57. The Bertz CT molecular complexity index is 598. The summed E-state index contributed by atoms with van der Waals surface area (Å²) in [6.07, 6.45) is 4.09. The predicted octanol–water partition coefficient (Wildman–Crippen LogP) is 2.76. The number of carbonyl (C=O) groups is 1. The van der Waals surface area contributed by atoms with Crippen molar-refractivity contribution in [3.05, 3.63) is 47.5 Å². The lowest BCUT2D eigenvalue weighted by atomic mass is 10.2. The van der Waals surface area contributed by atoms with Crippen molar-refractivity contribution < 1.29 is 9.53 Å². The Hall–Kier alpha value is -1.76. The second-order valence-electron chi connectivity index (χ2n) is 5.68. The topological polar surface area (TPSA) is 54.5 Å². The van der Waals surface area contributed by atoms with Crippen molar-refractivity contribution >= 4 is 22.4 Å². The first-order valence-corrected chi connectivity index (χ1v) is 8.75. The van der Waals surface area contributed by atoms with Crippen molar-refractivity contribution in [2.75, 3.05) is 25.0 Å². The van der Waals surface area contributed by atoms with Gasteiger partial charge in [-0.1, -0.05) is 30.3 Å². The summed E-state index contributed by atoms with van der Waals surface area (Å²) in [5.74, 6) is -0.0334. The Morgan fingerprint density at radius 1 is 1.39 bits per heavy atom. The molecule has 0 radical (unpaired) electrons. The van der Waals surface area contributed by atoms with Gasteiger partial charge < -0.3 is 10.1 Å². The highest BCUT2D eigenvalue weighted by atomic mass is 32.1. The average Bonchev–Trinajstić information content (AvgIpc) is 3.22. The van der Waals surface area contributed by atoms with Gasteiger partial charge in [0.05, 0.1) is 12.6 Å². The third-order valence-corrected chi connectivity index (χ3v) is 4.47. The summed E-state index contributed by atoms with van der Waals surface area (Å²) in [5, 5.41) is 5.35. The first-order chi connectivity index (χ1) is 11.3. The molecule has 1 unspecified atom stereocenters. The summed E-state index contributed by atoms with van der Waals surface area (Å²) in [5.41, 5.74) is 1.20. The summed E-state index contributed by atoms with van der Waals surface area (Å²) >= 11 is 1.43. The van der Waals surface area contributed by atoms with Crippen LogP contribution < -0.4 is 5.32 Å². The number of ether oxygens (including phenoxy) is 1. The highest BCUT2D eigenvalue weighted by molar-refractivity contribution is 7.13. The molecule has 23 heavy (non-hydrogen) atoms. The molecule has 1 atom stereocenters. The van der Waals surface area contributed by atoms with E-state index in [0.29, 0.717) is 11.7 Å². The van der Waals surface area contributed by atoms with Gasteiger partial charge in [0.15, 0.2) is 5.13 Å². The molecule has 1 amide bonds. The molecular formula is C17H21N3O2S. The Kier molecular flexibility index (Phi) is 5.74. The van der Waals surface area contributed by atoms with Gasteiger partial charge in [0.25, 0.3) is 0 Å². The minimum absolute atomic E-state index is 0.0334.